The summed E-state index contributed by atoms with van der Waals surface area (Å²) in [5.41, 5.74) is 3.42. The number of methoxy groups -OCH3 is 4. The van der Waals surface area contributed by atoms with Crippen LogP contribution in [0.4, 0.5) is 0 Å². The molecule has 0 aliphatic rings. The van der Waals surface area contributed by atoms with Crippen LogP contribution in [0.3, 0.4) is 0 Å². The SMILES string of the molecule is CC.CC.CC.CC.CC.CC.CC.CC.CC.CC(=O)c1ccccc1.COc1ccccc1.COc1ccccc1.COc1ccccc1.COc1ccccc1.Cc1ccccc1.Cc1ccccc1.c1ccccc1. The van der Waals surface area contributed by atoms with Crippen molar-refractivity contribution in [2.24, 2.45) is 0 Å². The van der Waals surface area contributed by atoms with Crippen molar-refractivity contribution in [2.45, 2.75) is 145 Å². The van der Waals surface area contributed by atoms with Crippen molar-refractivity contribution in [3.05, 3.63) is 265 Å². The normalized spacial score (nSPS) is 7.35. The molecule has 5 nitrogen and oxygen atoms in total. The lowest BCUT2D eigenvalue weighted by molar-refractivity contribution is 0.101. The molecule has 0 atom stereocenters. The van der Waals surface area contributed by atoms with Gasteiger partial charge in [0, 0.05) is 5.56 Å². The first-order valence-electron chi connectivity index (χ1n) is 28.8. The predicted molar refractivity (Wildman–Crippen MR) is 359 cm³/mol. The van der Waals surface area contributed by atoms with E-state index in [-0.39, 0.29) is 5.78 Å². The molecule has 0 saturated heterocycles. The van der Waals surface area contributed by atoms with Crippen LogP contribution in [0, 0.1) is 13.8 Å². The van der Waals surface area contributed by atoms with E-state index in [4.69, 9.17) is 18.9 Å². The molecule has 0 heterocycles. The van der Waals surface area contributed by atoms with Crippen LogP contribution in [-0.4, -0.2) is 34.2 Å². The first-order chi connectivity index (χ1) is 38.8. The fraction of sp³-hybridized carbons (Fsp3) is 0.338. The van der Waals surface area contributed by atoms with Gasteiger partial charge < -0.3 is 18.9 Å². The van der Waals surface area contributed by atoms with Gasteiger partial charge in [-0.05, 0) is 69.3 Å². The van der Waals surface area contributed by atoms with Gasteiger partial charge in [-0.25, -0.2) is 0 Å². The molecule has 0 bridgehead atoms. The molecule has 0 fully saturated rings. The molecule has 0 amide bonds. The van der Waals surface area contributed by atoms with Gasteiger partial charge in [0.2, 0.25) is 0 Å². The molecule has 0 unspecified atom stereocenters. The first kappa shape index (κ1) is 91.1. The van der Waals surface area contributed by atoms with E-state index in [1.807, 2.05) is 349 Å². The van der Waals surface area contributed by atoms with Gasteiger partial charge in [0.25, 0.3) is 0 Å². The van der Waals surface area contributed by atoms with E-state index in [0.29, 0.717) is 0 Å². The molecule has 0 spiro atoms. The zero-order valence-corrected chi connectivity index (χ0v) is 54.7. The third-order valence-corrected chi connectivity index (χ3v) is 7.64. The Kier molecular flexibility index (Phi) is 104. The molecule has 8 aromatic rings. The summed E-state index contributed by atoms with van der Waals surface area (Å²) in [5.74, 6) is 3.76. The summed E-state index contributed by atoms with van der Waals surface area (Å²) in [6, 6.07) is 80.5. The van der Waals surface area contributed by atoms with Crippen molar-refractivity contribution in [2.75, 3.05) is 28.4 Å². The highest BCUT2D eigenvalue weighted by Gasteiger charge is 1.93. The second-order valence-electron chi connectivity index (χ2n) is 12.5. The van der Waals surface area contributed by atoms with Crippen LogP contribution < -0.4 is 18.9 Å². The lowest BCUT2D eigenvalue weighted by Gasteiger charge is -1.93. The number of hydrogen-bond donors (Lipinski definition) is 0. The first-order valence-corrected chi connectivity index (χ1v) is 28.8. The van der Waals surface area contributed by atoms with Gasteiger partial charge in [-0.2, -0.15) is 0 Å². The van der Waals surface area contributed by atoms with E-state index in [1.54, 1.807) is 35.4 Å². The number of carbonyl (C=O) groups is 1. The van der Waals surface area contributed by atoms with Crippen molar-refractivity contribution in [1.82, 2.24) is 0 Å². The number of carbonyl (C=O) groups excluding carboxylic acids is 1. The molecule has 0 saturated carbocycles. The number of Topliss-reactive ketones (excluding diaryl/α,β-unsaturated/α-hetero) is 1. The topological polar surface area (TPSA) is 54.0 Å². The summed E-state index contributed by atoms with van der Waals surface area (Å²) >= 11 is 0. The van der Waals surface area contributed by atoms with Crippen LogP contribution >= 0.6 is 0 Å². The average Bonchev–Trinajstić information content (AvgIpc) is 3.58. The lowest BCUT2D eigenvalue weighted by Crippen LogP contribution is -1.88. The molecule has 8 rings (SSSR count). The van der Waals surface area contributed by atoms with E-state index in [9.17, 15) is 4.79 Å². The Morgan fingerprint density at radius 2 is 0.354 bits per heavy atom. The van der Waals surface area contributed by atoms with Gasteiger partial charge in [0.1, 0.15) is 23.0 Å². The number of benzene rings is 8. The number of aryl methyl sites for hydroxylation is 2. The molecule has 5 heteroatoms. The summed E-state index contributed by atoms with van der Waals surface area (Å²) in [5, 5.41) is 0. The number of hydrogen-bond acceptors (Lipinski definition) is 5. The van der Waals surface area contributed by atoms with Crippen LogP contribution in [0.15, 0.2) is 249 Å². The summed E-state index contributed by atoms with van der Waals surface area (Å²) in [7, 11) is 6.65. The second kappa shape index (κ2) is 90.2. The zero-order chi connectivity index (χ0) is 62.4. The molecule has 79 heavy (non-hydrogen) atoms. The molecular formula is C74H116O5. The Hall–Kier alpha value is -7.37. The van der Waals surface area contributed by atoms with Crippen LogP contribution in [0.25, 0.3) is 0 Å². The fourth-order valence-electron chi connectivity index (χ4n) is 4.35. The maximum absolute atomic E-state index is 10.6. The van der Waals surface area contributed by atoms with Gasteiger partial charge in [-0.15, -0.1) is 0 Å². The van der Waals surface area contributed by atoms with Crippen molar-refractivity contribution in [1.29, 1.82) is 0 Å². The minimum Gasteiger partial charge on any atom is -0.497 e. The van der Waals surface area contributed by atoms with Crippen molar-refractivity contribution in [3.63, 3.8) is 0 Å². The molecule has 0 radical (unpaired) electrons. The average molecular weight is 1090 g/mol. The Labute approximate surface area is 489 Å². The van der Waals surface area contributed by atoms with E-state index in [1.165, 1.54) is 11.1 Å². The molecular weight excluding hydrogens is 969 g/mol. The van der Waals surface area contributed by atoms with Crippen LogP contribution in [0.2, 0.25) is 0 Å². The van der Waals surface area contributed by atoms with Crippen molar-refractivity contribution in [3.8, 4) is 23.0 Å². The number of ether oxygens (including phenoxy) is 4. The zero-order valence-electron chi connectivity index (χ0n) is 54.7. The van der Waals surface area contributed by atoms with Crippen LogP contribution in [0.1, 0.15) is 153 Å². The number of rotatable bonds is 5. The fourth-order valence-corrected chi connectivity index (χ4v) is 4.35. The van der Waals surface area contributed by atoms with Gasteiger partial charge >= 0.3 is 0 Å². The van der Waals surface area contributed by atoms with Crippen molar-refractivity contribution < 1.29 is 23.7 Å². The van der Waals surface area contributed by atoms with Gasteiger partial charge in [0.15, 0.2) is 5.78 Å². The molecule has 0 N–H and O–H groups in total. The van der Waals surface area contributed by atoms with Gasteiger partial charge in [-0.1, -0.05) is 336 Å². The lowest BCUT2D eigenvalue weighted by atomic mass is 10.2. The van der Waals surface area contributed by atoms with Gasteiger partial charge in [0.05, 0.1) is 28.4 Å². The standard InChI is InChI=1S/C8H8O.4C7H8O.2C7H8.C6H6.9C2H6/c1-7(9)8-5-3-2-4-6-8;4*1-8-7-5-3-2-4-6-7;2*1-7-5-3-2-4-6-7;1-2-4-6-5-3-1;9*1-2/h2-6H,1H3;4*2-6H,1H3;2*2-6H,1H3;1-6H;9*1-2H3. The molecule has 8 aromatic carbocycles. The Balaban J connectivity index is -0.0000000973. The predicted octanol–water partition coefficient (Wildman–Crippen LogP) is 23.6. The minimum absolute atomic E-state index is 0.121. The van der Waals surface area contributed by atoms with E-state index in [0.717, 1.165) is 28.6 Å². The second-order valence-corrected chi connectivity index (χ2v) is 12.5. The quantitative estimate of drug-likeness (QED) is 0.161. The number of para-hydroxylation sites is 4. The number of ketones is 1. The van der Waals surface area contributed by atoms with Gasteiger partial charge in [-0.3, -0.25) is 4.79 Å². The highest BCUT2D eigenvalue weighted by Crippen LogP contribution is 2.08. The van der Waals surface area contributed by atoms with E-state index >= 15 is 0 Å². The van der Waals surface area contributed by atoms with Crippen LogP contribution in [-0.2, 0) is 0 Å². The third-order valence-electron chi connectivity index (χ3n) is 7.64. The molecule has 0 aliphatic carbocycles. The maximum Gasteiger partial charge on any atom is 0.159 e. The molecule has 442 valence electrons. The summed E-state index contributed by atoms with van der Waals surface area (Å²) in [6.07, 6.45) is 0. The monoisotopic (exact) mass is 1080 g/mol. The highest BCUT2D eigenvalue weighted by atomic mass is 16.5. The minimum atomic E-state index is 0.121. The summed E-state index contributed by atoms with van der Waals surface area (Å²) in [4.78, 5) is 10.6. The summed E-state index contributed by atoms with van der Waals surface area (Å²) < 4.78 is 19.7. The maximum atomic E-state index is 10.6. The Bertz CT molecular complexity index is 1860. The Morgan fingerprint density at radius 3 is 0.443 bits per heavy atom. The molecule has 0 aliphatic heterocycles. The third kappa shape index (κ3) is 74.9. The van der Waals surface area contributed by atoms with E-state index in [2.05, 4.69) is 38.1 Å². The largest absolute Gasteiger partial charge is 0.497 e. The molecule has 0 aromatic heterocycles. The summed E-state index contributed by atoms with van der Waals surface area (Å²) in [6.45, 7) is 41.7. The Morgan fingerprint density at radius 1 is 0.228 bits per heavy atom. The van der Waals surface area contributed by atoms with Crippen molar-refractivity contribution >= 4 is 5.78 Å². The van der Waals surface area contributed by atoms with E-state index < -0.39 is 0 Å². The smallest absolute Gasteiger partial charge is 0.159 e. The highest BCUT2D eigenvalue weighted by molar-refractivity contribution is 5.93. The van der Waals surface area contributed by atoms with Crippen LogP contribution in [0.5, 0.6) is 23.0 Å².